The van der Waals surface area contributed by atoms with Gasteiger partial charge in [-0.25, -0.2) is 4.98 Å². The summed E-state index contributed by atoms with van der Waals surface area (Å²) >= 11 is 0. The second-order valence-corrected chi connectivity index (χ2v) is 10.2. The Bertz CT molecular complexity index is 1870. The van der Waals surface area contributed by atoms with E-state index in [9.17, 15) is 0 Å². The monoisotopic (exact) mass is 542 g/mol. The van der Waals surface area contributed by atoms with Crippen molar-refractivity contribution in [2.45, 2.75) is 6.92 Å². The highest BCUT2D eigenvalue weighted by Crippen LogP contribution is 2.39. The van der Waals surface area contributed by atoms with Crippen LogP contribution in [0.5, 0.6) is 0 Å². The molecular formula is C38H30N4. The molecule has 42 heavy (non-hydrogen) atoms. The van der Waals surface area contributed by atoms with Crippen LogP contribution in [0.4, 0.5) is 34.1 Å². The van der Waals surface area contributed by atoms with Crippen molar-refractivity contribution in [1.82, 2.24) is 9.38 Å². The zero-order chi connectivity index (χ0) is 28.3. The van der Waals surface area contributed by atoms with Gasteiger partial charge >= 0.3 is 0 Å². The fourth-order valence-corrected chi connectivity index (χ4v) is 5.54. The lowest BCUT2D eigenvalue weighted by atomic mass is 10.1. The number of imidazole rings is 1. The zero-order valence-electron chi connectivity index (χ0n) is 23.4. The first-order chi connectivity index (χ1) is 20.8. The van der Waals surface area contributed by atoms with E-state index in [1.165, 1.54) is 0 Å². The van der Waals surface area contributed by atoms with Crippen LogP contribution in [-0.4, -0.2) is 9.38 Å². The van der Waals surface area contributed by atoms with Gasteiger partial charge in [0.15, 0.2) is 0 Å². The summed E-state index contributed by atoms with van der Waals surface area (Å²) in [5.74, 6) is 0. The highest BCUT2D eigenvalue weighted by molar-refractivity contribution is 5.82. The Hall–Kier alpha value is -5.61. The molecule has 2 heterocycles. The molecule has 0 bridgehead atoms. The second kappa shape index (κ2) is 11.1. The Labute approximate surface area is 246 Å². The van der Waals surface area contributed by atoms with Gasteiger partial charge in [-0.05, 0) is 91.9 Å². The van der Waals surface area contributed by atoms with Crippen LogP contribution in [0, 0.1) is 6.92 Å². The fourth-order valence-electron chi connectivity index (χ4n) is 5.54. The predicted molar refractivity (Wildman–Crippen MR) is 175 cm³/mol. The highest BCUT2D eigenvalue weighted by atomic mass is 15.2. The quantitative estimate of drug-likeness (QED) is 0.200. The second-order valence-electron chi connectivity index (χ2n) is 10.2. The number of aromatic nitrogens is 2. The molecule has 7 aromatic rings. The summed E-state index contributed by atoms with van der Waals surface area (Å²) in [5.41, 5.74) is 10.8. The summed E-state index contributed by atoms with van der Waals surface area (Å²) < 4.78 is 2.13. The molecule has 0 unspecified atom stereocenters. The van der Waals surface area contributed by atoms with Gasteiger partial charge in [0.25, 0.3) is 0 Å². The standard InChI is InChI=1S/C38H30N4/c1-29-38(39-37-19-11-12-28-40(29)37)30-20-22-34(23-21-30)42(33-17-9-4-10-18-33)36-26-24-35(25-27-36)41(31-13-5-2-6-14-31)32-15-7-3-8-16-32/h2-28H,1H3. The van der Waals surface area contributed by atoms with Gasteiger partial charge in [0, 0.05) is 51.6 Å². The molecule has 0 radical (unpaired) electrons. The van der Waals surface area contributed by atoms with E-state index in [4.69, 9.17) is 4.98 Å². The van der Waals surface area contributed by atoms with Crippen LogP contribution in [0.25, 0.3) is 16.9 Å². The van der Waals surface area contributed by atoms with E-state index in [0.717, 1.165) is 56.7 Å². The Kier molecular flexibility index (Phi) is 6.71. The minimum Gasteiger partial charge on any atom is -0.311 e. The van der Waals surface area contributed by atoms with Crippen LogP contribution in [0.1, 0.15) is 5.69 Å². The molecule has 0 amide bonds. The summed E-state index contributed by atoms with van der Waals surface area (Å²) in [5, 5.41) is 0. The lowest BCUT2D eigenvalue weighted by molar-refractivity contribution is 1.11. The van der Waals surface area contributed by atoms with Crippen LogP contribution >= 0.6 is 0 Å². The number of nitrogens with zero attached hydrogens (tertiary/aromatic N) is 4. The van der Waals surface area contributed by atoms with Crippen molar-refractivity contribution in [3.8, 4) is 11.3 Å². The molecule has 0 N–H and O–H groups in total. The van der Waals surface area contributed by atoms with Gasteiger partial charge in [-0.3, -0.25) is 0 Å². The fraction of sp³-hybridized carbons (Fsp3) is 0.0263. The summed E-state index contributed by atoms with van der Waals surface area (Å²) in [4.78, 5) is 9.47. The normalized spacial score (nSPS) is 11.0. The minimum absolute atomic E-state index is 0.958. The molecule has 202 valence electrons. The molecule has 0 saturated carbocycles. The first-order valence-corrected chi connectivity index (χ1v) is 14.2. The maximum Gasteiger partial charge on any atom is 0.137 e. The number of hydrogen-bond acceptors (Lipinski definition) is 3. The molecule has 0 aliphatic carbocycles. The first-order valence-electron chi connectivity index (χ1n) is 14.2. The lowest BCUT2D eigenvalue weighted by Crippen LogP contribution is -2.12. The van der Waals surface area contributed by atoms with Gasteiger partial charge in [-0.1, -0.05) is 72.8 Å². The number of fused-ring (bicyclic) bond motifs is 1. The van der Waals surface area contributed by atoms with Crippen molar-refractivity contribution >= 4 is 39.8 Å². The first kappa shape index (κ1) is 25.4. The molecule has 2 aromatic heterocycles. The van der Waals surface area contributed by atoms with E-state index in [-0.39, 0.29) is 0 Å². The van der Waals surface area contributed by atoms with Crippen molar-refractivity contribution in [3.63, 3.8) is 0 Å². The van der Waals surface area contributed by atoms with Crippen molar-refractivity contribution in [3.05, 3.63) is 170 Å². The maximum absolute atomic E-state index is 4.89. The third-order valence-electron chi connectivity index (χ3n) is 7.58. The number of benzene rings is 5. The molecule has 7 rings (SSSR count). The van der Waals surface area contributed by atoms with Crippen LogP contribution in [0.3, 0.4) is 0 Å². The lowest BCUT2D eigenvalue weighted by Gasteiger charge is -2.28. The average molecular weight is 543 g/mol. The van der Waals surface area contributed by atoms with E-state index >= 15 is 0 Å². The number of hydrogen-bond donors (Lipinski definition) is 0. The van der Waals surface area contributed by atoms with Gasteiger partial charge < -0.3 is 14.2 Å². The van der Waals surface area contributed by atoms with Gasteiger partial charge in [-0.2, -0.15) is 0 Å². The van der Waals surface area contributed by atoms with Crippen molar-refractivity contribution < 1.29 is 0 Å². The molecule has 0 fully saturated rings. The zero-order valence-corrected chi connectivity index (χ0v) is 23.4. The number of aryl methyl sites for hydroxylation is 1. The molecule has 4 nitrogen and oxygen atoms in total. The van der Waals surface area contributed by atoms with Crippen molar-refractivity contribution in [2.75, 3.05) is 9.80 Å². The highest BCUT2D eigenvalue weighted by Gasteiger charge is 2.16. The molecule has 0 aliphatic rings. The van der Waals surface area contributed by atoms with Crippen LogP contribution in [0.2, 0.25) is 0 Å². The van der Waals surface area contributed by atoms with Gasteiger partial charge in [0.2, 0.25) is 0 Å². The van der Waals surface area contributed by atoms with E-state index in [0.29, 0.717) is 0 Å². The Morgan fingerprint density at radius 2 is 0.810 bits per heavy atom. The molecule has 0 atom stereocenters. The smallest absolute Gasteiger partial charge is 0.137 e. The topological polar surface area (TPSA) is 23.8 Å². The van der Waals surface area contributed by atoms with Crippen LogP contribution in [0.15, 0.2) is 164 Å². The molecule has 0 saturated heterocycles. The molecule has 0 aliphatic heterocycles. The molecular weight excluding hydrogens is 512 g/mol. The van der Waals surface area contributed by atoms with E-state index in [1.54, 1.807) is 0 Å². The summed E-state index contributed by atoms with van der Waals surface area (Å²) in [6.45, 7) is 2.12. The Balaban J connectivity index is 1.26. The van der Waals surface area contributed by atoms with E-state index in [1.807, 2.05) is 18.2 Å². The van der Waals surface area contributed by atoms with Gasteiger partial charge in [0.05, 0.1) is 5.69 Å². The number of rotatable bonds is 7. The SMILES string of the molecule is Cc1c(-c2ccc(N(c3ccccc3)c3ccc(N(c4ccccc4)c4ccccc4)cc3)cc2)nc2ccccn12. The summed E-state index contributed by atoms with van der Waals surface area (Å²) in [7, 11) is 0. The third-order valence-corrected chi connectivity index (χ3v) is 7.58. The largest absolute Gasteiger partial charge is 0.311 e. The number of pyridine rings is 1. The number of anilines is 6. The summed E-state index contributed by atoms with van der Waals surface area (Å²) in [6, 6.07) is 55.1. The average Bonchev–Trinajstić information content (AvgIpc) is 3.40. The number of para-hydroxylation sites is 3. The van der Waals surface area contributed by atoms with Gasteiger partial charge in [-0.15, -0.1) is 0 Å². The van der Waals surface area contributed by atoms with E-state index in [2.05, 4.69) is 167 Å². The molecule has 4 heteroatoms. The maximum atomic E-state index is 4.89. The summed E-state index contributed by atoms with van der Waals surface area (Å²) in [6.07, 6.45) is 2.06. The Morgan fingerprint density at radius 3 is 1.24 bits per heavy atom. The van der Waals surface area contributed by atoms with Gasteiger partial charge in [0.1, 0.15) is 5.65 Å². The van der Waals surface area contributed by atoms with Crippen LogP contribution in [-0.2, 0) is 0 Å². The van der Waals surface area contributed by atoms with E-state index < -0.39 is 0 Å². The molecule has 0 spiro atoms. The third kappa shape index (κ3) is 4.80. The van der Waals surface area contributed by atoms with Crippen LogP contribution < -0.4 is 9.80 Å². The predicted octanol–water partition coefficient (Wildman–Crippen LogP) is 10.2. The molecule has 5 aromatic carbocycles. The van der Waals surface area contributed by atoms with Crippen molar-refractivity contribution in [1.29, 1.82) is 0 Å². The Morgan fingerprint density at radius 1 is 0.429 bits per heavy atom. The van der Waals surface area contributed by atoms with Crippen molar-refractivity contribution in [2.24, 2.45) is 0 Å². The minimum atomic E-state index is 0.958.